The number of rotatable bonds is 5. The third-order valence-corrected chi connectivity index (χ3v) is 4.18. The van der Waals surface area contributed by atoms with Crippen LogP contribution in [0.25, 0.3) is 11.0 Å². The Balaban J connectivity index is 1.80. The van der Waals surface area contributed by atoms with E-state index >= 15 is 0 Å². The zero-order valence-corrected chi connectivity index (χ0v) is 15.3. The lowest BCUT2D eigenvalue weighted by atomic mass is 10.00. The molecule has 0 bridgehead atoms. The minimum atomic E-state index is -0.873. The van der Waals surface area contributed by atoms with Gasteiger partial charge in [0.25, 0.3) is 5.91 Å². The van der Waals surface area contributed by atoms with Crippen LogP contribution in [0, 0.1) is 5.82 Å². The lowest BCUT2D eigenvalue weighted by Gasteiger charge is -2.16. The summed E-state index contributed by atoms with van der Waals surface area (Å²) in [5, 5.41) is 3.31. The monoisotopic (exact) mass is 369 g/mol. The molecule has 1 N–H and O–H groups in total. The minimum Gasteiger partial charge on any atom is -0.481 e. The predicted molar refractivity (Wildman–Crippen MR) is 102 cm³/mol. The van der Waals surface area contributed by atoms with Crippen molar-refractivity contribution in [1.82, 2.24) is 0 Å². The van der Waals surface area contributed by atoms with Gasteiger partial charge in [-0.15, -0.1) is 0 Å². The summed E-state index contributed by atoms with van der Waals surface area (Å²) in [5.74, 6) is -0.471. The van der Waals surface area contributed by atoms with Gasteiger partial charge in [0.2, 0.25) is 0 Å². The number of carbonyl (C=O) groups is 1. The first kappa shape index (κ1) is 18.6. The Morgan fingerprint density at radius 3 is 2.56 bits per heavy atom. The predicted octanol–water partition coefficient (Wildman–Crippen LogP) is 4.46. The number of halogens is 1. The molecule has 0 spiro atoms. The van der Waals surface area contributed by atoms with E-state index in [0.29, 0.717) is 11.3 Å². The number of carbonyl (C=O) groups excluding carboxylic acids is 1. The van der Waals surface area contributed by atoms with Crippen LogP contribution in [0.3, 0.4) is 0 Å². The number of nitrogens with one attached hydrogen (secondary N) is 1. The van der Waals surface area contributed by atoms with Gasteiger partial charge in [-0.25, -0.2) is 9.18 Å². The van der Waals surface area contributed by atoms with Crippen LogP contribution in [-0.2, 0) is 4.79 Å². The molecule has 3 aromatic rings. The lowest BCUT2D eigenvalue weighted by molar-refractivity contribution is -0.122. The summed E-state index contributed by atoms with van der Waals surface area (Å²) >= 11 is 0. The summed E-state index contributed by atoms with van der Waals surface area (Å²) < 4.78 is 24.6. The highest BCUT2D eigenvalue weighted by molar-refractivity contribution is 5.94. The highest BCUT2D eigenvalue weighted by Crippen LogP contribution is 2.27. The van der Waals surface area contributed by atoms with Crippen LogP contribution >= 0.6 is 0 Å². The SMILES string of the molecule is CC(Oc1ccc2c(C(C)C)cc(=O)oc2c1)C(=O)Nc1ccccc1F. The zero-order chi connectivity index (χ0) is 19.6. The molecule has 1 aromatic heterocycles. The Bertz CT molecular complexity index is 1040. The molecule has 1 amide bonds. The van der Waals surface area contributed by atoms with Crippen LogP contribution in [0.5, 0.6) is 5.75 Å². The van der Waals surface area contributed by atoms with Crippen molar-refractivity contribution >= 4 is 22.6 Å². The van der Waals surface area contributed by atoms with Gasteiger partial charge in [-0.3, -0.25) is 4.79 Å². The van der Waals surface area contributed by atoms with E-state index in [9.17, 15) is 14.0 Å². The van der Waals surface area contributed by atoms with E-state index < -0.39 is 23.5 Å². The van der Waals surface area contributed by atoms with Crippen LogP contribution < -0.4 is 15.7 Å². The van der Waals surface area contributed by atoms with E-state index in [2.05, 4.69) is 5.32 Å². The van der Waals surface area contributed by atoms with Crippen LogP contribution in [-0.4, -0.2) is 12.0 Å². The highest BCUT2D eigenvalue weighted by atomic mass is 19.1. The molecule has 0 saturated heterocycles. The molecule has 27 heavy (non-hydrogen) atoms. The van der Waals surface area contributed by atoms with Crippen LogP contribution in [0.4, 0.5) is 10.1 Å². The molecule has 0 radical (unpaired) electrons. The smallest absolute Gasteiger partial charge is 0.336 e. The van der Waals surface area contributed by atoms with Gasteiger partial charge in [0, 0.05) is 17.5 Å². The topological polar surface area (TPSA) is 68.5 Å². The van der Waals surface area contributed by atoms with Gasteiger partial charge >= 0.3 is 5.63 Å². The summed E-state index contributed by atoms with van der Waals surface area (Å²) in [6, 6.07) is 12.5. The van der Waals surface area contributed by atoms with Crippen LogP contribution in [0.1, 0.15) is 32.3 Å². The molecule has 5 nitrogen and oxygen atoms in total. The van der Waals surface area contributed by atoms with Gasteiger partial charge in [-0.05, 0) is 42.7 Å². The number of fused-ring (bicyclic) bond motifs is 1. The molecular formula is C21H20FNO4. The van der Waals surface area contributed by atoms with Crippen molar-refractivity contribution in [3.05, 3.63) is 70.3 Å². The van der Waals surface area contributed by atoms with E-state index in [-0.39, 0.29) is 11.6 Å². The molecular weight excluding hydrogens is 349 g/mol. The first-order valence-corrected chi connectivity index (χ1v) is 8.65. The molecule has 3 rings (SSSR count). The quantitative estimate of drug-likeness (QED) is 0.674. The summed E-state index contributed by atoms with van der Waals surface area (Å²) in [6.45, 7) is 5.54. The zero-order valence-electron chi connectivity index (χ0n) is 15.3. The molecule has 2 aromatic carbocycles. The Morgan fingerprint density at radius 2 is 1.85 bits per heavy atom. The van der Waals surface area contributed by atoms with Crippen molar-refractivity contribution in [3.8, 4) is 5.75 Å². The Morgan fingerprint density at radius 1 is 1.11 bits per heavy atom. The summed E-state index contributed by atoms with van der Waals surface area (Å²) in [6.07, 6.45) is -0.873. The van der Waals surface area contributed by atoms with Crippen LogP contribution in [0.15, 0.2) is 57.7 Å². The third-order valence-electron chi connectivity index (χ3n) is 4.18. The molecule has 1 atom stereocenters. The molecule has 0 saturated carbocycles. The maximum Gasteiger partial charge on any atom is 0.336 e. The second-order valence-corrected chi connectivity index (χ2v) is 6.56. The van der Waals surface area contributed by atoms with E-state index in [4.69, 9.17) is 9.15 Å². The van der Waals surface area contributed by atoms with Crippen molar-refractivity contribution in [1.29, 1.82) is 0 Å². The number of ether oxygens (including phenoxy) is 1. The van der Waals surface area contributed by atoms with E-state index in [1.54, 1.807) is 37.3 Å². The standard InChI is InChI=1S/C21H20FNO4/c1-12(2)16-11-20(24)27-19-10-14(8-9-15(16)19)26-13(3)21(25)23-18-7-5-4-6-17(18)22/h4-13H,1-3H3,(H,23,25). The largest absolute Gasteiger partial charge is 0.481 e. The van der Waals surface area contributed by atoms with Crippen molar-refractivity contribution < 1.29 is 18.3 Å². The number of amides is 1. The first-order valence-electron chi connectivity index (χ1n) is 8.65. The van der Waals surface area contributed by atoms with Gasteiger partial charge in [-0.2, -0.15) is 0 Å². The highest BCUT2D eigenvalue weighted by Gasteiger charge is 2.17. The summed E-state index contributed by atoms with van der Waals surface area (Å²) in [5.41, 5.74) is 0.932. The second-order valence-electron chi connectivity index (χ2n) is 6.56. The first-order chi connectivity index (χ1) is 12.8. The normalized spacial score (nSPS) is 12.2. The minimum absolute atomic E-state index is 0.0871. The third kappa shape index (κ3) is 4.16. The molecule has 1 heterocycles. The van der Waals surface area contributed by atoms with E-state index in [0.717, 1.165) is 10.9 Å². The Hall–Kier alpha value is -3.15. The number of hydrogen-bond acceptors (Lipinski definition) is 4. The molecule has 6 heteroatoms. The molecule has 140 valence electrons. The van der Waals surface area contributed by atoms with E-state index in [1.807, 2.05) is 13.8 Å². The van der Waals surface area contributed by atoms with Crippen molar-refractivity contribution in [3.63, 3.8) is 0 Å². The van der Waals surface area contributed by atoms with Crippen molar-refractivity contribution in [2.75, 3.05) is 5.32 Å². The van der Waals surface area contributed by atoms with Gasteiger partial charge in [0.1, 0.15) is 17.1 Å². The van der Waals surface area contributed by atoms with Gasteiger partial charge in [0.05, 0.1) is 5.69 Å². The molecule has 1 unspecified atom stereocenters. The van der Waals surface area contributed by atoms with Gasteiger partial charge in [-0.1, -0.05) is 26.0 Å². The van der Waals surface area contributed by atoms with Crippen LogP contribution in [0.2, 0.25) is 0 Å². The Kier molecular flexibility index (Phi) is 5.26. The number of benzene rings is 2. The summed E-state index contributed by atoms with van der Waals surface area (Å²) in [4.78, 5) is 24.0. The van der Waals surface area contributed by atoms with Crippen molar-refractivity contribution in [2.45, 2.75) is 32.8 Å². The maximum atomic E-state index is 13.7. The van der Waals surface area contributed by atoms with E-state index in [1.165, 1.54) is 18.2 Å². The average Bonchev–Trinajstić information content (AvgIpc) is 2.62. The second kappa shape index (κ2) is 7.61. The number of anilines is 1. The molecule has 0 aliphatic heterocycles. The van der Waals surface area contributed by atoms with Gasteiger partial charge < -0.3 is 14.5 Å². The molecule has 0 aliphatic carbocycles. The molecule has 0 fully saturated rings. The Labute approximate surface area is 155 Å². The lowest BCUT2D eigenvalue weighted by Crippen LogP contribution is -2.30. The molecule has 0 aliphatic rings. The van der Waals surface area contributed by atoms with Gasteiger partial charge in [0.15, 0.2) is 6.10 Å². The maximum absolute atomic E-state index is 13.7. The fourth-order valence-corrected chi connectivity index (χ4v) is 2.77. The number of hydrogen-bond donors (Lipinski definition) is 1. The fourth-order valence-electron chi connectivity index (χ4n) is 2.77. The average molecular weight is 369 g/mol. The fraction of sp³-hybridized carbons (Fsp3) is 0.238. The summed E-state index contributed by atoms with van der Waals surface area (Å²) in [7, 11) is 0. The number of para-hydroxylation sites is 1. The van der Waals surface area contributed by atoms with Crippen molar-refractivity contribution in [2.24, 2.45) is 0 Å².